The van der Waals surface area contributed by atoms with Crippen LogP contribution in [0.4, 0.5) is 0 Å². The fourth-order valence-electron chi connectivity index (χ4n) is 0.995. The van der Waals surface area contributed by atoms with Crippen LogP contribution in [0.2, 0.25) is 0 Å². The second-order valence-corrected chi connectivity index (χ2v) is 2.93. The Morgan fingerprint density at radius 1 is 1.69 bits per heavy atom. The number of methoxy groups -OCH3 is 1. The number of rotatable bonds is 4. The molecule has 0 bridgehead atoms. The van der Waals surface area contributed by atoms with E-state index in [0.29, 0.717) is 0 Å². The Hall–Kier alpha value is -0.540. The van der Waals surface area contributed by atoms with Gasteiger partial charge in [-0.2, -0.15) is 0 Å². The zero-order chi connectivity index (χ0) is 10.4. The molecule has 3 nitrogen and oxygen atoms in total. The second kappa shape index (κ2) is 6.00. The monoisotopic (exact) mass is 205 g/mol. The molecule has 0 N–H and O–H groups in total. The summed E-state index contributed by atoms with van der Waals surface area (Å²) >= 11 is 5.47. The van der Waals surface area contributed by atoms with Gasteiger partial charge < -0.3 is 4.74 Å². The van der Waals surface area contributed by atoms with Gasteiger partial charge in [-0.25, -0.2) is 0 Å². The molecule has 0 fully saturated rings. The molecule has 0 aliphatic carbocycles. The van der Waals surface area contributed by atoms with E-state index in [1.165, 1.54) is 4.90 Å². The normalized spacial score (nSPS) is 14.1. The molecule has 0 aromatic rings. The van der Waals surface area contributed by atoms with Gasteiger partial charge in [0.05, 0.1) is 0 Å². The smallest absolute Gasteiger partial charge is 0.243 e. The zero-order valence-electron chi connectivity index (χ0n) is 8.50. The predicted octanol–water partition coefficient (Wildman–Crippen LogP) is 1.97. The number of ether oxygens (including phenoxy) is 1. The molecule has 0 aliphatic rings. The number of hydrogen-bond acceptors (Lipinski definition) is 2. The highest BCUT2D eigenvalue weighted by molar-refractivity contribution is 6.27. The topological polar surface area (TPSA) is 29.5 Å². The van der Waals surface area contributed by atoms with Crippen molar-refractivity contribution in [2.75, 3.05) is 13.0 Å². The fraction of sp³-hybridized carbons (Fsp3) is 0.667. The van der Waals surface area contributed by atoms with Crippen molar-refractivity contribution in [2.45, 2.75) is 27.0 Å². The first-order chi connectivity index (χ1) is 6.08. The van der Waals surface area contributed by atoms with Crippen LogP contribution in [0.5, 0.6) is 0 Å². The van der Waals surface area contributed by atoms with E-state index in [1.54, 1.807) is 14.0 Å². The molecular formula is C9H16ClNO2. The molecule has 0 saturated heterocycles. The molecule has 0 aromatic heterocycles. The molecule has 0 spiro atoms. The summed E-state index contributed by atoms with van der Waals surface area (Å²) in [5.41, 5.74) is 0.847. The number of carbonyl (C=O) groups is 1. The minimum atomic E-state index is -0.276. The van der Waals surface area contributed by atoms with Crippen molar-refractivity contribution in [3.05, 3.63) is 11.8 Å². The van der Waals surface area contributed by atoms with Gasteiger partial charge in [-0.15, -0.1) is 11.6 Å². The van der Waals surface area contributed by atoms with Crippen molar-refractivity contribution in [3.8, 4) is 0 Å². The molecule has 76 valence electrons. The van der Waals surface area contributed by atoms with E-state index in [9.17, 15) is 4.79 Å². The summed E-state index contributed by atoms with van der Waals surface area (Å²) < 4.78 is 5.06. The van der Waals surface area contributed by atoms with Gasteiger partial charge in [-0.3, -0.25) is 9.69 Å². The zero-order valence-corrected chi connectivity index (χ0v) is 9.26. The maximum absolute atomic E-state index is 11.4. The number of hydrogen-bond donors (Lipinski definition) is 0. The molecule has 4 heteroatoms. The van der Waals surface area contributed by atoms with Crippen molar-refractivity contribution in [3.63, 3.8) is 0 Å². The van der Waals surface area contributed by atoms with Gasteiger partial charge in [0.2, 0.25) is 5.91 Å². The summed E-state index contributed by atoms with van der Waals surface area (Å²) in [7, 11) is 1.56. The van der Waals surface area contributed by atoms with Gasteiger partial charge >= 0.3 is 0 Å². The van der Waals surface area contributed by atoms with Gasteiger partial charge in [-0.1, -0.05) is 6.08 Å². The average molecular weight is 206 g/mol. The van der Waals surface area contributed by atoms with Gasteiger partial charge in [0.1, 0.15) is 12.1 Å². The second-order valence-electron chi connectivity index (χ2n) is 2.66. The van der Waals surface area contributed by atoms with E-state index in [-0.39, 0.29) is 18.0 Å². The summed E-state index contributed by atoms with van der Waals surface area (Å²) in [6, 6.07) is 0. The Morgan fingerprint density at radius 2 is 2.23 bits per heavy atom. The van der Waals surface area contributed by atoms with Crippen LogP contribution in [0.1, 0.15) is 20.8 Å². The Bertz CT molecular complexity index is 204. The van der Waals surface area contributed by atoms with Gasteiger partial charge in [0, 0.05) is 12.8 Å². The van der Waals surface area contributed by atoms with Gasteiger partial charge in [0.15, 0.2) is 0 Å². The largest absolute Gasteiger partial charge is 0.361 e. The van der Waals surface area contributed by atoms with Crippen LogP contribution in [0, 0.1) is 0 Å². The van der Waals surface area contributed by atoms with Crippen LogP contribution >= 0.6 is 11.6 Å². The lowest BCUT2D eigenvalue weighted by atomic mass is 10.3. The molecule has 0 aromatic carbocycles. The molecular weight excluding hydrogens is 190 g/mol. The number of nitrogens with zero attached hydrogens (tertiary/aromatic N) is 1. The highest BCUT2D eigenvalue weighted by Gasteiger charge is 2.19. The lowest BCUT2D eigenvalue weighted by Crippen LogP contribution is -2.38. The molecule has 1 atom stereocenters. The van der Waals surface area contributed by atoms with Crippen molar-refractivity contribution >= 4 is 17.5 Å². The summed E-state index contributed by atoms with van der Waals surface area (Å²) in [6.45, 7) is 5.52. The third-order valence-electron chi connectivity index (χ3n) is 1.89. The molecule has 1 amide bonds. The third-order valence-corrected chi connectivity index (χ3v) is 2.11. The number of amides is 1. The van der Waals surface area contributed by atoms with E-state index in [1.807, 2.05) is 19.9 Å². The molecule has 0 rings (SSSR count). The first-order valence-corrected chi connectivity index (χ1v) is 4.65. The first-order valence-electron chi connectivity index (χ1n) is 4.12. The van der Waals surface area contributed by atoms with E-state index >= 15 is 0 Å². The lowest BCUT2D eigenvalue weighted by molar-refractivity contribution is -0.135. The van der Waals surface area contributed by atoms with Crippen molar-refractivity contribution in [2.24, 2.45) is 0 Å². The Kier molecular flexibility index (Phi) is 5.75. The summed E-state index contributed by atoms with van der Waals surface area (Å²) in [5.74, 6) is -0.176. The maximum Gasteiger partial charge on any atom is 0.243 e. The average Bonchev–Trinajstić information content (AvgIpc) is 2.16. The number of halogens is 1. The van der Waals surface area contributed by atoms with Gasteiger partial charge in [0.25, 0.3) is 0 Å². The maximum atomic E-state index is 11.4. The summed E-state index contributed by atoms with van der Waals surface area (Å²) in [4.78, 5) is 12.9. The highest BCUT2D eigenvalue weighted by Crippen LogP contribution is 2.10. The van der Waals surface area contributed by atoms with Crippen molar-refractivity contribution in [1.82, 2.24) is 4.90 Å². The molecule has 0 saturated carbocycles. The quantitative estimate of drug-likeness (QED) is 0.519. The predicted molar refractivity (Wildman–Crippen MR) is 53.5 cm³/mol. The Labute approximate surface area is 84.3 Å². The van der Waals surface area contributed by atoms with Crippen LogP contribution in [-0.4, -0.2) is 30.0 Å². The highest BCUT2D eigenvalue weighted by atomic mass is 35.5. The van der Waals surface area contributed by atoms with E-state index in [0.717, 1.165) is 5.70 Å². The van der Waals surface area contributed by atoms with E-state index in [2.05, 4.69) is 0 Å². The van der Waals surface area contributed by atoms with E-state index < -0.39 is 0 Å². The minimum absolute atomic E-state index is 0.0289. The minimum Gasteiger partial charge on any atom is -0.361 e. The molecule has 0 heterocycles. The first kappa shape index (κ1) is 12.5. The Balaban J connectivity index is 4.65. The SMILES string of the molecule is C/C=C(/C)N(C(=O)CCl)C(C)OC. The third kappa shape index (κ3) is 3.36. The van der Waals surface area contributed by atoms with E-state index in [4.69, 9.17) is 16.3 Å². The number of carbonyl (C=O) groups excluding carboxylic acids is 1. The van der Waals surface area contributed by atoms with Gasteiger partial charge in [-0.05, 0) is 20.8 Å². The lowest BCUT2D eigenvalue weighted by Gasteiger charge is -2.27. The fourth-order valence-corrected chi connectivity index (χ4v) is 1.12. The summed E-state index contributed by atoms with van der Waals surface area (Å²) in [6.07, 6.45) is 1.57. The van der Waals surface area contributed by atoms with Crippen LogP contribution in [0.25, 0.3) is 0 Å². The van der Waals surface area contributed by atoms with Crippen LogP contribution in [0.3, 0.4) is 0 Å². The van der Waals surface area contributed by atoms with Crippen LogP contribution in [0.15, 0.2) is 11.8 Å². The number of allylic oxidation sites excluding steroid dienone is 2. The Morgan fingerprint density at radius 3 is 2.54 bits per heavy atom. The molecule has 1 unspecified atom stereocenters. The summed E-state index contributed by atoms with van der Waals surface area (Å²) in [5, 5.41) is 0. The standard InChI is InChI=1S/C9H16ClNO2/c1-5-7(2)11(8(3)13-4)9(12)6-10/h5,8H,6H2,1-4H3/b7-5-. The molecule has 13 heavy (non-hydrogen) atoms. The number of alkyl halides is 1. The van der Waals surface area contributed by atoms with Crippen LogP contribution < -0.4 is 0 Å². The van der Waals surface area contributed by atoms with Crippen LogP contribution in [-0.2, 0) is 9.53 Å². The molecule has 0 aliphatic heterocycles. The van der Waals surface area contributed by atoms with Crippen molar-refractivity contribution in [1.29, 1.82) is 0 Å². The van der Waals surface area contributed by atoms with Crippen molar-refractivity contribution < 1.29 is 9.53 Å². The molecule has 0 radical (unpaired) electrons.